The molecule has 150 valence electrons. The van der Waals surface area contributed by atoms with Crippen LogP contribution in [0.3, 0.4) is 0 Å². The Labute approximate surface area is 166 Å². The van der Waals surface area contributed by atoms with Crippen LogP contribution in [0.15, 0.2) is 47.4 Å². The minimum absolute atomic E-state index is 0.0920. The normalized spacial score (nSPS) is 14.5. The van der Waals surface area contributed by atoms with Crippen LogP contribution >= 0.6 is 0 Å². The van der Waals surface area contributed by atoms with Crippen molar-refractivity contribution in [1.29, 1.82) is 0 Å². The maximum Gasteiger partial charge on any atom is 0.240 e. The van der Waals surface area contributed by atoms with Gasteiger partial charge in [-0.2, -0.15) is 0 Å². The van der Waals surface area contributed by atoms with E-state index in [9.17, 15) is 13.2 Å². The summed E-state index contributed by atoms with van der Waals surface area (Å²) in [6, 6.07) is 12.7. The van der Waals surface area contributed by atoms with Crippen LogP contribution in [-0.2, 0) is 21.2 Å². The second kappa shape index (κ2) is 8.75. The standard InChI is InChI=1S/C21H26N2O4S/c1-16-14-19(10-11-20(16)23-13-5-9-21(23)24)28(25,26)22-12-4-7-17-6-3-8-18(15-17)27-2/h3,6,8,10-11,14-15,22H,4-5,7,9,12-13H2,1-2H3. The molecule has 1 N–H and O–H groups in total. The van der Waals surface area contributed by atoms with E-state index in [1.54, 1.807) is 30.2 Å². The number of carbonyl (C=O) groups is 1. The fourth-order valence-corrected chi connectivity index (χ4v) is 4.57. The number of hydrogen-bond donors (Lipinski definition) is 1. The van der Waals surface area contributed by atoms with E-state index < -0.39 is 10.0 Å². The van der Waals surface area contributed by atoms with Crippen molar-refractivity contribution in [3.05, 3.63) is 53.6 Å². The zero-order chi connectivity index (χ0) is 20.1. The molecular weight excluding hydrogens is 376 g/mol. The number of amides is 1. The van der Waals surface area contributed by atoms with Gasteiger partial charge in [0.25, 0.3) is 0 Å². The Balaban J connectivity index is 1.59. The van der Waals surface area contributed by atoms with Crippen LogP contribution < -0.4 is 14.4 Å². The summed E-state index contributed by atoms with van der Waals surface area (Å²) in [6.07, 6.45) is 2.84. The van der Waals surface area contributed by atoms with E-state index in [0.717, 1.165) is 35.4 Å². The number of hydrogen-bond acceptors (Lipinski definition) is 4. The molecule has 0 atom stereocenters. The molecule has 7 heteroatoms. The Morgan fingerprint density at radius 3 is 2.68 bits per heavy atom. The lowest BCUT2D eigenvalue weighted by Crippen LogP contribution is -2.26. The molecule has 0 radical (unpaired) electrons. The summed E-state index contributed by atoms with van der Waals surface area (Å²) < 4.78 is 33.0. The van der Waals surface area contributed by atoms with E-state index in [1.165, 1.54) is 0 Å². The number of aryl methyl sites for hydroxylation is 2. The molecule has 1 saturated heterocycles. The van der Waals surface area contributed by atoms with Crippen molar-refractivity contribution in [2.75, 3.05) is 25.1 Å². The van der Waals surface area contributed by atoms with Crippen LogP contribution in [0.2, 0.25) is 0 Å². The van der Waals surface area contributed by atoms with Crippen molar-refractivity contribution in [2.45, 2.75) is 37.5 Å². The highest BCUT2D eigenvalue weighted by atomic mass is 32.2. The van der Waals surface area contributed by atoms with Crippen molar-refractivity contribution >= 4 is 21.6 Å². The average molecular weight is 403 g/mol. The minimum Gasteiger partial charge on any atom is -0.497 e. The molecule has 1 aliphatic heterocycles. The monoisotopic (exact) mass is 402 g/mol. The number of benzene rings is 2. The van der Waals surface area contributed by atoms with Crippen molar-refractivity contribution in [3.63, 3.8) is 0 Å². The van der Waals surface area contributed by atoms with Crippen molar-refractivity contribution in [1.82, 2.24) is 4.72 Å². The topological polar surface area (TPSA) is 75.7 Å². The fourth-order valence-electron chi connectivity index (χ4n) is 3.41. The second-order valence-electron chi connectivity index (χ2n) is 6.95. The van der Waals surface area contributed by atoms with Gasteiger partial charge in [-0.15, -0.1) is 0 Å². The number of anilines is 1. The summed E-state index contributed by atoms with van der Waals surface area (Å²) in [5.74, 6) is 0.888. The number of nitrogens with zero attached hydrogens (tertiary/aromatic N) is 1. The highest BCUT2D eigenvalue weighted by Gasteiger charge is 2.24. The molecular formula is C21H26N2O4S. The van der Waals surface area contributed by atoms with E-state index in [1.807, 2.05) is 31.2 Å². The Kier molecular flexibility index (Phi) is 6.36. The summed E-state index contributed by atoms with van der Waals surface area (Å²) in [6.45, 7) is 2.88. The van der Waals surface area contributed by atoms with Crippen LogP contribution in [0.1, 0.15) is 30.4 Å². The molecule has 2 aromatic rings. The summed E-state index contributed by atoms with van der Waals surface area (Å²) >= 11 is 0. The molecule has 2 aromatic carbocycles. The second-order valence-corrected chi connectivity index (χ2v) is 8.72. The quantitative estimate of drug-likeness (QED) is 0.689. The van der Waals surface area contributed by atoms with Crippen LogP contribution in [0, 0.1) is 6.92 Å². The summed E-state index contributed by atoms with van der Waals surface area (Å²) in [5, 5.41) is 0. The molecule has 0 aromatic heterocycles. The number of nitrogens with one attached hydrogen (secondary N) is 1. The number of rotatable bonds is 8. The lowest BCUT2D eigenvalue weighted by molar-refractivity contribution is -0.117. The van der Waals surface area contributed by atoms with Gasteiger partial charge in [-0.05, 0) is 67.6 Å². The van der Waals surface area contributed by atoms with Gasteiger partial charge in [-0.1, -0.05) is 12.1 Å². The maximum atomic E-state index is 12.6. The van der Waals surface area contributed by atoms with Crippen LogP contribution in [0.4, 0.5) is 5.69 Å². The zero-order valence-electron chi connectivity index (χ0n) is 16.3. The van der Waals surface area contributed by atoms with Crippen molar-refractivity contribution in [3.8, 4) is 5.75 Å². The summed E-state index contributed by atoms with van der Waals surface area (Å²) in [7, 11) is -1.96. The molecule has 1 aliphatic rings. The smallest absolute Gasteiger partial charge is 0.240 e. The molecule has 0 saturated carbocycles. The highest BCUT2D eigenvalue weighted by Crippen LogP contribution is 2.27. The molecule has 0 bridgehead atoms. The average Bonchev–Trinajstić information content (AvgIpc) is 3.11. The molecule has 0 unspecified atom stereocenters. The van der Waals surface area contributed by atoms with Crippen LogP contribution in [0.5, 0.6) is 5.75 Å². The number of carbonyl (C=O) groups excluding carboxylic acids is 1. The summed E-state index contributed by atoms with van der Waals surface area (Å²) in [5.41, 5.74) is 2.68. The largest absolute Gasteiger partial charge is 0.497 e. The van der Waals surface area contributed by atoms with E-state index >= 15 is 0 Å². The molecule has 0 spiro atoms. The Bertz CT molecular complexity index is 957. The third kappa shape index (κ3) is 4.72. The molecule has 28 heavy (non-hydrogen) atoms. The van der Waals surface area contributed by atoms with Gasteiger partial charge in [0.1, 0.15) is 5.75 Å². The first kappa shape index (κ1) is 20.4. The number of methoxy groups -OCH3 is 1. The first-order valence-electron chi connectivity index (χ1n) is 9.44. The van der Waals surface area contributed by atoms with Crippen molar-refractivity contribution < 1.29 is 17.9 Å². The lowest BCUT2D eigenvalue weighted by atomic mass is 10.1. The van der Waals surface area contributed by atoms with E-state index in [-0.39, 0.29) is 10.8 Å². The molecule has 0 aliphatic carbocycles. The van der Waals surface area contributed by atoms with Gasteiger partial charge in [0.2, 0.25) is 15.9 Å². The van der Waals surface area contributed by atoms with E-state index in [2.05, 4.69) is 4.72 Å². The van der Waals surface area contributed by atoms with Gasteiger partial charge in [-0.3, -0.25) is 4.79 Å². The van der Waals surface area contributed by atoms with E-state index in [4.69, 9.17) is 4.74 Å². The number of sulfonamides is 1. The van der Waals surface area contributed by atoms with E-state index in [0.29, 0.717) is 25.9 Å². The predicted molar refractivity (Wildman–Crippen MR) is 109 cm³/mol. The lowest BCUT2D eigenvalue weighted by Gasteiger charge is -2.19. The van der Waals surface area contributed by atoms with Crippen LogP contribution in [-0.4, -0.2) is 34.5 Å². The fraction of sp³-hybridized carbons (Fsp3) is 0.381. The van der Waals surface area contributed by atoms with Gasteiger partial charge in [0.15, 0.2) is 0 Å². The number of ether oxygens (including phenoxy) is 1. The third-order valence-corrected chi connectivity index (χ3v) is 6.37. The molecule has 1 amide bonds. The first-order valence-corrected chi connectivity index (χ1v) is 10.9. The Morgan fingerprint density at radius 2 is 2.00 bits per heavy atom. The van der Waals surface area contributed by atoms with Gasteiger partial charge in [-0.25, -0.2) is 13.1 Å². The SMILES string of the molecule is COc1cccc(CCCNS(=O)(=O)c2ccc(N3CCCC3=O)c(C)c2)c1. The summed E-state index contributed by atoms with van der Waals surface area (Å²) in [4.78, 5) is 13.9. The molecule has 6 nitrogen and oxygen atoms in total. The van der Waals surface area contributed by atoms with Gasteiger partial charge in [0.05, 0.1) is 12.0 Å². The zero-order valence-corrected chi connectivity index (χ0v) is 17.1. The third-order valence-electron chi connectivity index (χ3n) is 4.91. The van der Waals surface area contributed by atoms with Gasteiger partial charge in [0, 0.05) is 25.2 Å². The Morgan fingerprint density at radius 1 is 1.18 bits per heavy atom. The van der Waals surface area contributed by atoms with Gasteiger partial charge < -0.3 is 9.64 Å². The van der Waals surface area contributed by atoms with Crippen molar-refractivity contribution in [2.24, 2.45) is 0 Å². The predicted octanol–water partition coefficient (Wildman–Crippen LogP) is 3.04. The molecule has 3 rings (SSSR count). The minimum atomic E-state index is -3.58. The first-order chi connectivity index (χ1) is 13.4. The van der Waals surface area contributed by atoms with Gasteiger partial charge >= 0.3 is 0 Å². The molecule has 1 heterocycles. The maximum absolute atomic E-state index is 12.6. The highest BCUT2D eigenvalue weighted by molar-refractivity contribution is 7.89. The molecule has 1 fully saturated rings. The van der Waals surface area contributed by atoms with Crippen LogP contribution in [0.25, 0.3) is 0 Å². The Hall–Kier alpha value is -2.38.